The van der Waals surface area contributed by atoms with E-state index in [1.165, 1.54) is 5.71 Å². The Hall–Kier alpha value is -1.42. The first kappa shape index (κ1) is 36.9. The summed E-state index contributed by atoms with van der Waals surface area (Å²) in [5, 5.41) is 25.5. The number of halogens is 1. The van der Waals surface area contributed by atoms with Crippen LogP contribution >= 0.6 is 11.6 Å². The minimum atomic E-state index is -0.841. The zero-order valence-corrected chi connectivity index (χ0v) is 28.8. The molecular weight excluding hydrogens is 628 g/mol. The number of aliphatic imine (C=N–C) groups is 1. The number of alkyl halides is 1. The van der Waals surface area contributed by atoms with Gasteiger partial charge in [0.1, 0.15) is 0 Å². The number of nitrogens with one attached hydrogen (secondary N) is 4. The molecule has 3 saturated carbocycles. The molecule has 2 amide bonds. The van der Waals surface area contributed by atoms with Gasteiger partial charge in [-0.3, -0.25) is 19.5 Å². The number of methoxy groups -OCH3 is 1. The first-order chi connectivity index (χ1) is 22.7. The van der Waals surface area contributed by atoms with Crippen LogP contribution in [-0.4, -0.2) is 127 Å². The van der Waals surface area contributed by atoms with Gasteiger partial charge in [-0.05, 0) is 77.0 Å². The van der Waals surface area contributed by atoms with Crippen molar-refractivity contribution in [3.05, 3.63) is 0 Å². The maximum atomic E-state index is 13.2. The van der Waals surface area contributed by atoms with Crippen LogP contribution in [0.15, 0.2) is 4.99 Å². The Morgan fingerprint density at radius 3 is 2.34 bits per heavy atom. The summed E-state index contributed by atoms with van der Waals surface area (Å²) >= 11 is 6.50. The van der Waals surface area contributed by atoms with Crippen LogP contribution in [0.1, 0.15) is 77.6 Å². The van der Waals surface area contributed by atoms with Gasteiger partial charge in [0.05, 0.1) is 69.5 Å². The highest BCUT2D eigenvalue weighted by Gasteiger charge is 2.50. The van der Waals surface area contributed by atoms with Crippen molar-refractivity contribution in [1.82, 2.24) is 26.4 Å². The summed E-state index contributed by atoms with van der Waals surface area (Å²) in [5.74, 6) is 0.267. The van der Waals surface area contributed by atoms with E-state index in [2.05, 4.69) is 33.3 Å². The highest BCUT2D eigenvalue weighted by molar-refractivity contribution is 6.20. The lowest BCUT2D eigenvalue weighted by Crippen LogP contribution is -2.55. The van der Waals surface area contributed by atoms with E-state index in [-0.39, 0.29) is 54.0 Å². The summed E-state index contributed by atoms with van der Waals surface area (Å²) in [5.41, 5.74) is 8.17. The van der Waals surface area contributed by atoms with Crippen molar-refractivity contribution in [1.29, 1.82) is 0 Å². The monoisotopic (exact) mass is 684 g/mol. The van der Waals surface area contributed by atoms with Crippen LogP contribution in [0.25, 0.3) is 0 Å². The van der Waals surface area contributed by atoms with E-state index >= 15 is 0 Å². The number of fused-ring (bicyclic) bond motifs is 3. The number of aliphatic hydroxyl groups is 2. The number of nitrogens with zero attached hydrogens (tertiary/aromatic N) is 2. The molecule has 2 aliphatic heterocycles. The number of hydrogen-bond donors (Lipinski definition) is 6. The van der Waals surface area contributed by atoms with Crippen molar-refractivity contribution in [3.63, 3.8) is 0 Å². The number of amides is 2. The molecule has 2 heterocycles. The van der Waals surface area contributed by atoms with Gasteiger partial charge < -0.3 is 35.1 Å². The number of carbonyl (C=O) groups is 2. The van der Waals surface area contributed by atoms with Crippen LogP contribution in [0.4, 0.5) is 0 Å². The third-order valence-corrected chi connectivity index (χ3v) is 11.3. The van der Waals surface area contributed by atoms with Crippen LogP contribution in [0.5, 0.6) is 0 Å². The topological polar surface area (TPSA) is 166 Å². The Labute approximate surface area is 284 Å². The van der Waals surface area contributed by atoms with Crippen molar-refractivity contribution in [2.45, 2.75) is 126 Å². The van der Waals surface area contributed by atoms with Gasteiger partial charge in [-0.2, -0.15) is 0 Å². The van der Waals surface area contributed by atoms with E-state index in [1.807, 2.05) is 7.11 Å². The summed E-state index contributed by atoms with van der Waals surface area (Å²) in [6.07, 6.45) is 7.44. The van der Waals surface area contributed by atoms with Gasteiger partial charge in [-0.15, -0.1) is 11.6 Å². The van der Waals surface area contributed by atoms with Crippen molar-refractivity contribution < 1.29 is 34.0 Å². The SMILES string of the molecule is COC1CCC2C(C1)C(C1CCC(Cl)CC1)=N[C@@H](CC(=O)NCCOCCOCCNC(=O)C1CCC(O)C(O)C1)C1NNC(C)N21. The Morgan fingerprint density at radius 1 is 0.915 bits per heavy atom. The normalized spacial score (nSPS) is 37.7. The molecule has 8 unspecified atom stereocenters. The average Bonchev–Trinajstić information content (AvgIpc) is 3.39. The van der Waals surface area contributed by atoms with Gasteiger partial charge in [-0.25, -0.2) is 10.9 Å². The molecule has 14 heteroatoms. The Bertz CT molecular complexity index is 1050. The fraction of sp³-hybridized carbons (Fsp3) is 0.909. The quantitative estimate of drug-likeness (QED) is 0.115. The molecule has 13 nitrogen and oxygen atoms in total. The van der Waals surface area contributed by atoms with Crippen molar-refractivity contribution in [3.8, 4) is 0 Å². The Morgan fingerprint density at radius 2 is 1.64 bits per heavy atom. The molecule has 0 radical (unpaired) electrons. The van der Waals surface area contributed by atoms with E-state index in [0.29, 0.717) is 76.7 Å². The summed E-state index contributed by atoms with van der Waals surface area (Å²) in [7, 11) is 1.81. The second-order valence-electron chi connectivity index (χ2n) is 14.0. The van der Waals surface area contributed by atoms with E-state index in [4.69, 9.17) is 30.8 Å². The second kappa shape index (κ2) is 18.0. The number of hydrazine groups is 1. The largest absolute Gasteiger partial charge is 0.390 e. The third-order valence-electron chi connectivity index (χ3n) is 10.9. The lowest BCUT2D eigenvalue weighted by atomic mass is 9.72. The molecule has 6 N–H and O–H groups in total. The zero-order valence-electron chi connectivity index (χ0n) is 28.1. The predicted octanol–water partition coefficient (Wildman–Crippen LogP) is 1.05. The van der Waals surface area contributed by atoms with Gasteiger partial charge in [0, 0.05) is 49.2 Å². The molecular formula is C33H57ClN6O7. The van der Waals surface area contributed by atoms with Gasteiger partial charge in [-0.1, -0.05) is 0 Å². The minimum Gasteiger partial charge on any atom is -0.390 e. The second-order valence-corrected chi connectivity index (χ2v) is 14.6. The van der Waals surface area contributed by atoms with Crippen LogP contribution in [0.2, 0.25) is 0 Å². The van der Waals surface area contributed by atoms with Crippen LogP contribution in [0.3, 0.4) is 0 Å². The molecule has 268 valence electrons. The molecule has 4 fully saturated rings. The first-order valence-corrected chi connectivity index (χ1v) is 18.3. The molecule has 5 rings (SSSR count). The van der Waals surface area contributed by atoms with Crippen molar-refractivity contribution in [2.24, 2.45) is 22.7 Å². The molecule has 9 atom stereocenters. The zero-order chi connectivity index (χ0) is 33.3. The van der Waals surface area contributed by atoms with E-state index in [0.717, 1.165) is 44.9 Å². The number of rotatable bonds is 14. The number of ether oxygens (including phenoxy) is 3. The predicted molar refractivity (Wildman–Crippen MR) is 178 cm³/mol. The molecule has 5 aliphatic rings. The standard InChI is InChI=1S/C33H57ClN6O7/c1-20-38-39-32-26(37-31(21-3-6-23(34)7-4-21)25-18-24(45-2)8-9-27(25)40(20)32)19-30(43)35-11-13-46-15-16-47-14-12-36-33(44)22-5-10-28(41)29(42)17-22/h20-29,32,38-39,41-42H,3-19H2,1-2H3,(H,35,43)(H,36,44)/t20?,21?,22?,23?,24?,25?,26-,27?,28?,29?,32?/m0/s1. The maximum absolute atomic E-state index is 13.2. The molecule has 3 aliphatic carbocycles. The highest BCUT2D eigenvalue weighted by atomic mass is 35.5. The van der Waals surface area contributed by atoms with E-state index in [9.17, 15) is 19.8 Å². The summed E-state index contributed by atoms with van der Waals surface area (Å²) < 4.78 is 17.1. The maximum Gasteiger partial charge on any atom is 0.223 e. The van der Waals surface area contributed by atoms with Gasteiger partial charge >= 0.3 is 0 Å². The molecule has 0 aromatic rings. The number of carbonyl (C=O) groups excluding carboxylic acids is 2. The van der Waals surface area contributed by atoms with Gasteiger partial charge in [0.15, 0.2) is 0 Å². The Balaban J connectivity index is 1.04. The van der Waals surface area contributed by atoms with Crippen LogP contribution in [0, 0.1) is 17.8 Å². The highest BCUT2D eigenvalue weighted by Crippen LogP contribution is 2.42. The third kappa shape index (κ3) is 9.85. The van der Waals surface area contributed by atoms with E-state index in [1.54, 1.807) is 0 Å². The molecule has 0 aromatic heterocycles. The van der Waals surface area contributed by atoms with Crippen LogP contribution in [-0.2, 0) is 23.8 Å². The molecule has 0 bridgehead atoms. The fourth-order valence-electron chi connectivity index (χ4n) is 8.27. The number of hydrogen-bond acceptors (Lipinski definition) is 11. The van der Waals surface area contributed by atoms with Gasteiger partial charge in [0.25, 0.3) is 0 Å². The molecule has 0 spiro atoms. The smallest absolute Gasteiger partial charge is 0.223 e. The Kier molecular flexibility index (Phi) is 14.1. The lowest BCUT2D eigenvalue weighted by Gasteiger charge is -2.44. The first-order valence-electron chi connectivity index (χ1n) is 17.8. The minimum absolute atomic E-state index is 0.0425. The van der Waals surface area contributed by atoms with Crippen molar-refractivity contribution in [2.75, 3.05) is 46.6 Å². The molecule has 0 aromatic carbocycles. The van der Waals surface area contributed by atoms with Crippen molar-refractivity contribution >= 4 is 29.1 Å². The summed E-state index contributed by atoms with van der Waals surface area (Å²) in [6.45, 7) is 4.44. The average molecular weight is 685 g/mol. The molecule has 47 heavy (non-hydrogen) atoms. The lowest BCUT2D eigenvalue weighted by molar-refractivity contribution is -0.129. The fourth-order valence-corrected chi connectivity index (χ4v) is 8.52. The number of aliphatic hydroxyl groups excluding tert-OH is 2. The molecule has 1 saturated heterocycles. The summed E-state index contributed by atoms with van der Waals surface area (Å²) in [6, 6.07) is 0.129. The van der Waals surface area contributed by atoms with E-state index < -0.39 is 12.2 Å². The summed E-state index contributed by atoms with van der Waals surface area (Å²) in [4.78, 5) is 33.5. The van der Waals surface area contributed by atoms with Gasteiger partial charge in [0.2, 0.25) is 11.8 Å². The van der Waals surface area contributed by atoms with Crippen LogP contribution < -0.4 is 21.5 Å².